The van der Waals surface area contributed by atoms with Gasteiger partial charge >= 0.3 is 0 Å². The predicted molar refractivity (Wildman–Crippen MR) is 92.0 cm³/mol. The van der Waals surface area contributed by atoms with Gasteiger partial charge in [-0.1, -0.05) is 30.7 Å². The fraction of sp³-hybridized carbons (Fsp3) is 0.294. The standard InChI is InChI=1S/C17H18ClNO4S/c1-3-19(10-13-7-8-15-16(9-13)23-11-22-15)24(20,21)17-6-4-5-14(18)12(17)2/h4-9H,3,10-11H2,1-2H3. The van der Waals surface area contributed by atoms with Crippen LogP contribution in [0.25, 0.3) is 0 Å². The Labute approximate surface area is 146 Å². The fourth-order valence-electron chi connectivity index (χ4n) is 2.62. The molecule has 0 saturated carbocycles. The molecule has 0 fully saturated rings. The Bertz CT molecular complexity index is 867. The third kappa shape index (κ3) is 3.09. The van der Waals surface area contributed by atoms with E-state index in [-0.39, 0.29) is 18.2 Å². The van der Waals surface area contributed by atoms with Gasteiger partial charge in [-0.05, 0) is 42.3 Å². The summed E-state index contributed by atoms with van der Waals surface area (Å²) in [5.41, 5.74) is 1.40. The van der Waals surface area contributed by atoms with Crippen molar-refractivity contribution in [3.8, 4) is 11.5 Å². The van der Waals surface area contributed by atoms with Gasteiger partial charge in [0.15, 0.2) is 11.5 Å². The number of halogens is 1. The first-order valence-electron chi connectivity index (χ1n) is 7.57. The molecule has 0 unspecified atom stereocenters. The van der Waals surface area contributed by atoms with Crippen molar-refractivity contribution in [3.63, 3.8) is 0 Å². The van der Waals surface area contributed by atoms with Gasteiger partial charge in [0, 0.05) is 18.1 Å². The first-order valence-corrected chi connectivity index (χ1v) is 9.39. The van der Waals surface area contributed by atoms with Crippen LogP contribution in [0.3, 0.4) is 0 Å². The predicted octanol–water partition coefficient (Wildman–Crippen LogP) is 3.59. The van der Waals surface area contributed by atoms with Gasteiger partial charge in [-0.2, -0.15) is 4.31 Å². The molecule has 24 heavy (non-hydrogen) atoms. The quantitative estimate of drug-likeness (QED) is 0.810. The van der Waals surface area contributed by atoms with Crippen LogP contribution in [0.4, 0.5) is 0 Å². The first-order chi connectivity index (χ1) is 11.4. The lowest BCUT2D eigenvalue weighted by atomic mass is 10.2. The molecule has 128 valence electrons. The van der Waals surface area contributed by atoms with Crippen LogP contribution in [0.15, 0.2) is 41.3 Å². The second-order valence-electron chi connectivity index (χ2n) is 5.48. The Balaban J connectivity index is 1.92. The minimum atomic E-state index is -3.64. The molecule has 0 radical (unpaired) electrons. The maximum Gasteiger partial charge on any atom is 0.243 e. The monoisotopic (exact) mass is 367 g/mol. The van der Waals surface area contributed by atoms with Crippen LogP contribution in [0.5, 0.6) is 11.5 Å². The summed E-state index contributed by atoms with van der Waals surface area (Å²) in [6.45, 7) is 4.31. The molecule has 0 bridgehead atoms. The molecule has 0 aliphatic carbocycles. The number of ether oxygens (including phenoxy) is 2. The van der Waals surface area contributed by atoms with Crippen LogP contribution < -0.4 is 9.47 Å². The summed E-state index contributed by atoms with van der Waals surface area (Å²) in [5.74, 6) is 1.32. The average molecular weight is 368 g/mol. The smallest absolute Gasteiger partial charge is 0.243 e. The molecular weight excluding hydrogens is 350 g/mol. The molecule has 1 heterocycles. The summed E-state index contributed by atoms with van der Waals surface area (Å²) in [4.78, 5) is 0.234. The van der Waals surface area contributed by atoms with E-state index in [1.54, 1.807) is 31.2 Å². The Kier molecular flexibility index (Phi) is 4.71. The maximum atomic E-state index is 13.0. The summed E-state index contributed by atoms with van der Waals surface area (Å²) in [6.07, 6.45) is 0. The molecule has 0 aromatic heterocycles. The summed E-state index contributed by atoms with van der Waals surface area (Å²) in [5, 5.41) is 0.440. The van der Waals surface area contributed by atoms with E-state index >= 15 is 0 Å². The second kappa shape index (κ2) is 6.63. The lowest BCUT2D eigenvalue weighted by Gasteiger charge is -2.22. The maximum absolute atomic E-state index is 13.0. The van der Waals surface area contributed by atoms with Gasteiger partial charge in [-0.15, -0.1) is 0 Å². The van der Waals surface area contributed by atoms with E-state index in [1.165, 1.54) is 4.31 Å². The molecule has 5 nitrogen and oxygen atoms in total. The fourth-order valence-corrected chi connectivity index (χ4v) is 4.53. The Morgan fingerprint density at radius 2 is 1.92 bits per heavy atom. The number of hydrogen-bond donors (Lipinski definition) is 0. The van der Waals surface area contributed by atoms with Gasteiger partial charge in [0.05, 0.1) is 4.90 Å². The number of benzene rings is 2. The SMILES string of the molecule is CCN(Cc1ccc2c(c1)OCO2)S(=O)(=O)c1cccc(Cl)c1C. The highest BCUT2D eigenvalue weighted by Gasteiger charge is 2.26. The Hall–Kier alpha value is -1.76. The normalized spacial score (nSPS) is 13.5. The molecule has 0 amide bonds. The third-order valence-electron chi connectivity index (χ3n) is 3.98. The molecule has 0 atom stereocenters. The van der Waals surface area contributed by atoms with E-state index in [0.29, 0.717) is 28.6 Å². The molecule has 2 aromatic rings. The minimum absolute atomic E-state index is 0.191. The van der Waals surface area contributed by atoms with E-state index < -0.39 is 10.0 Å². The average Bonchev–Trinajstić information content (AvgIpc) is 3.02. The molecule has 0 spiro atoms. The van der Waals surface area contributed by atoms with Crippen LogP contribution in [0.1, 0.15) is 18.1 Å². The van der Waals surface area contributed by atoms with Crippen LogP contribution in [0.2, 0.25) is 5.02 Å². The van der Waals surface area contributed by atoms with Gasteiger partial charge in [-0.25, -0.2) is 8.42 Å². The molecule has 1 aliphatic heterocycles. The highest BCUT2D eigenvalue weighted by molar-refractivity contribution is 7.89. The van der Waals surface area contributed by atoms with Gasteiger partial charge in [0.2, 0.25) is 16.8 Å². The highest BCUT2D eigenvalue weighted by Crippen LogP contribution is 2.33. The van der Waals surface area contributed by atoms with Gasteiger partial charge in [-0.3, -0.25) is 0 Å². The molecule has 1 aliphatic rings. The van der Waals surface area contributed by atoms with Crippen molar-refractivity contribution in [1.29, 1.82) is 0 Å². The summed E-state index contributed by atoms with van der Waals surface area (Å²) >= 11 is 6.08. The summed E-state index contributed by atoms with van der Waals surface area (Å²) in [7, 11) is -3.64. The van der Waals surface area contributed by atoms with Crippen molar-refractivity contribution in [1.82, 2.24) is 4.31 Å². The zero-order chi connectivity index (χ0) is 17.3. The third-order valence-corrected chi connectivity index (χ3v) is 6.46. The van der Waals surface area contributed by atoms with E-state index in [2.05, 4.69) is 0 Å². The van der Waals surface area contributed by atoms with Gasteiger partial charge in [0.1, 0.15) is 0 Å². The van der Waals surface area contributed by atoms with Crippen molar-refractivity contribution < 1.29 is 17.9 Å². The number of rotatable bonds is 5. The topological polar surface area (TPSA) is 55.8 Å². The van der Waals surface area contributed by atoms with Crippen LogP contribution >= 0.6 is 11.6 Å². The Morgan fingerprint density at radius 1 is 1.17 bits per heavy atom. The highest BCUT2D eigenvalue weighted by atomic mass is 35.5. The second-order valence-corrected chi connectivity index (χ2v) is 7.80. The lowest BCUT2D eigenvalue weighted by Crippen LogP contribution is -2.31. The van der Waals surface area contributed by atoms with Crippen molar-refractivity contribution in [2.75, 3.05) is 13.3 Å². The number of fused-ring (bicyclic) bond motifs is 1. The van der Waals surface area contributed by atoms with Crippen molar-refractivity contribution in [2.24, 2.45) is 0 Å². The zero-order valence-corrected chi connectivity index (χ0v) is 15.0. The molecule has 0 N–H and O–H groups in total. The lowest BCUT2D eigenvalue weighted by molar-refractivity contribution is 0.174. The van der Waals surface area contributed by atoms with Crippen molar-refractivity contribution in [2.45, 2.75) is 25.3 Å². The van der Waals surface area contributed by atoms with Crippen LogP contribution in [0, 0.1) is 6.92 Å². The van der Waals surface area contributed by atoms with Crippen LogP contribution in [-0.4, -0.2) is 26.1 Å². The minimum Gasteiger partial charge on any atom is -0.454 e. The molecular formula is C17H18ClNO4S. The van der Waals surface area contributed by atoms with Crippen molar-refractivity contribution in [3.05, 3.63) is 52.5 Å². The molecule has 7 heteroatoms. The molecule has 0 saturated heterocycles. The van der Waals surface area contributed by atoms with E-state index in [4.69, 9.17) is 21.1 Å². The molecule has 3 rings (SSSR count). The van der Waals surface area contributed by atoms with E-state index in [1.807, 2.05) is 19.1 Å². The summed E-state index contributed by atoms with van der Waals surface area (Å²) in [6, 6.07) is 10.4. The number of sulfonamides is 1. The Morgan fingerprint density at radius 3 is 2.67 bits per heavy atom. The van der Waals surface area contributed by atoms with Gasteiger partial charge < -0.3 is 9.47 Å². The van der Waals surface area contributed by atoms with Crippen molar-refractivity contribution >= 4 is 21.6 Å². The largest absolute Gasteiger partial charge is 0.454 e. The van der Waals surface area contributed by atoms with Crippen LogP contribution in [-0.2, 0) is 16.6 Å². The zero-order valence-electron chi connectivity index (χ0n) is 13.5. The first kappa shape index (κ1) is 17.1. The van der Waals surface area contributed by atoms with E-state index in [0.717, 1.165) is 5.56 Å². The summed E-state index contributed by atoms with van der Waals surface area (Å²) < 4.78 is 38.0. The van der Waals surface area contributed by atoms with Gasteiger partial charge in [0.25, 0.3) is 0 Å². The number of hydrogen-bond acceptors (Lipinski definition) is 4. The van der Waals surface area contributed by atoms with E-state index in [9.17, 15) is 8.42 Å². The number of nitrogens with zero attached hydrogens (tertiary/aromatic N) is 1. The molecule has 2 aromatic carbocycles.